The Hall–Kier alpha value is -1.84. The number of piperidine rings is 1. The summed E-state index contributed by atoms with van der Waals surface area (Å²) in [5.41, 5.74) is 2.36. The van der Waals surface area contributed by atoms with Crippen molar-refractivity contribution in [2.45, 2.75) is 57.3 Å². The van der Waals surface area contributed by atoms with E-state index in [0.29, 0.717) is 5.92 Å². The van der Waals surface area contributed by atoms with Gasteiger partial charge in [0.05, 0.1) is 0 Å². The van der Waals surface area contributed by atoms with Crippen LogP contribution < -0.4 is 4.90 Å². The smallest absolute Gasteiger partial charge is 0.230 e. The number of nitrogens with zero attached hydrogens (tertiary/aromatic N) is 3. The second kappa shape index (κ2) is 6.73. The summed E-state index contributed by atoms with van der Waals surface area (Å²) >= 11 is 0. The zero-order chi connectivity index (χ0) is 15.5. The third kappa shape index (κ3) is 3.26. The van der Waals surface area contributed by atoms with E-state index in [4.69, 9.17) is 4.52 Å². The normalized spacial score (nSPS) is 19.9. The van der Waals surface area contributed by atoms with Crippen molar-refractivity contribution in [2.24, 2.45) is 0 Å². The van der Waals surface area contributed by atoms with E-state index < -0.39 is 0 Å². The monoisotopic (exact) mass is 311 g/mol. The van der Waals surface area contributed by atoms with Gasteiger partial charge in [-0.2, -0.15) is 4.98 Å². The molecule has 0 unspecified atom stereocenters. The number of aromatic nitrogens is 2. The molecule has 4 heteroatoms. The maximum atomic E-state index is 5.53. The highest BCUT2D eigenvalue weighted by Crippen LogP contribution is 2.32. The molecule has 2 heterocycles. The van der Waals surface area contributed by atoms with Crippen molar-refractivity contribution in [3.8, 4) is 11.4 Å². The first kappa shape index (κ1) is 14.7. The second-order valence-electron chi connectivity index (χ2n) is 6.89. The first-order chi connectivity index (χ1) is 11.4. The molecule has 0 atom stereocenters. The highest BCUT2D eigenvalue weighted by Gasteiger charge is 2.22. The molecular formula is C19H25N3O. The minimum Gasteiger partial charge on any atom is -0.372 e. The minimum absolute atomic E-state index is 0.470. The van der Waals surface area contributed by atoms with Crippen molar-refractivity contribution < 1.29 is 4.52 Å². The lowest BCUT2D eigenvalue weighted by molar-refractivity contribution is 0.314. The molecule has 122 valence electrons. The molecule has 0 spiro atoms. The number of rotatable bonds is 3. The van der Waals surface area contributed by atoms with E-state index in [2.05, 4.69) is 39.3 Å². The summed E-state index contributed by atoms with van der Waals surface area (Å²) < 4.78 is 5.53. The van der Waals surface area contributed by atoms with Gasteiger partial charge in [-0.15, -0.1) is 0 Å². The fourth-order valence-corrected chi connectivity index (χ4v) is 3.84. The Labute approximate surface area is 137 Å². The predicted molar refractivity (Wildman–Crippen MR) is 91.6 cm³/mol. The molecule has 0 amide bonds. The largest absolute Gasteiger partial charge is 0.372 e. The van der Waals surface area contributed by atoms with Crippen molar-refractivity contribution in [2.75, 3.05) is 18.0 Å². The topological polar surface area (TPSA) is 42.2 Å². The van der Waals surface area contributed by atoms with Gasteiger partial charge in [-0.1, -0.05) is 24.4 Å². The van der Waals surface area contributed by atoms with Crippen LogP contribution in [-0.2, 0) is 0 Å². The quantitative estimate of drug-likeness (QED) is 0.818. The molecule has 1 saturated carbocycles. The maximum Gasteiger partial charge on any atom is 0.230 e. The van der Waals surface area contributed by atoms with Gasteiger partial charge in [-0.3, -0.25) is 0 Å². The van der Waals surface area contributed by atoms with Crippen molar-refractivity contribution in [3.05, 3.63) is 30.2 Å². The van der Waals surface area contributed by atoms with E-state index in [-0.39, 0.29) is 0 Å². The van der Waals surface area contributed by atoms with E-state index in [9.17, 15) is 0 Å². The standard InChI is InChI=1S/C19H25N3O/c1-3-7-16(8-4-1)19-20-18(21-23-19)15-9-11-17(12-10-15)22-13-5-2-6-14-22/h9-12,16H,1-8,13-14H2. The third-order valence-corrected chi connectivity index (χ3v) is 5.24. The van der Waals surface area contributed by atoms with E-state index in [1.807, 2.05) is 0 Å². The number of benzene rings is 1. The van der Waals surface area contributed by atoms with Gasteiger partial charge in [0.15, 0.2) is 0 Å². The minimum atomic E-state index is 0.470. The van der Waals surface area contributed by atoms with Gasteiger partial charge in [0.1, 0.15) is 0 Å². The summed E-state index contributed by atoms with van der Waals surface area (Å²) in [6, 6.07) is 8.63. The Morgan fingerprint density at radius 2 is 1.57 bits per heavy atom. The van der Waals surface area contributed by atoms with Gasteiger partial charge in [0.2, 0.25) is 11.7 Å². The molecule has 1 aromatic carbocycles. The van der Waals surface area contributed by atoms with E-state index >= 15 is 0 Å². The van der Waals surface area contributed by atoms with Crippen molar-refractivity contribution in [3.63, 3.8) is 0 Å². The molecule has 0 bridgehead atoms. The van der Waals surface area contributed by atoms with Crippen LogP contribution in [0.2, 0.25) is 0 Å². The first-order valence-electron chi connectivity index (χ1n) is 9.09. The van der Waals surface area contributed by atoms with Crippen molar-refractivity contribution >= 4 is 5.69 Å². The highest BCUT2D eigenvalue weighted by molar-refractivity contribution is 5.60. The Bertz CT molecular complexity index is 622. The summed E-state index contributed by atoms with van der Waals surface area (Å²) in [7, 11) is 0. The van der Waals surface area contributed by atoms with Gasteiger partial charge in [0.25, 0.3) is 0 Å². The second-order valence-corrected chi connectivity index (χ2v) is 6.89. The van der Waals surface area contributed by atoms with Crippen LogP contribution in [0, 0.1) is 0 Å². The van der Waals surface area contributed by atoms with Crippen LogP contribution in [0.3, 0.4) is 0 Å². The number of anilines is 1. The fraction of sp³-hybridized carbons (Fsp3) is 0.579. The third-order valence-electron chi connectivity index (χ3n) is 5.24. The average Bonchev–Trinajstić information content (AvgIpc) is 3.14. The van der Waals surface area contributed by atoms with Gasteiger partial charge in [-0.25, -0.2) is 0 Å². The summed E-state index contributed by atoms with van der Waals surface area (Å²) in [6.07, 6.45) is 10.3. The molecular weight excluding hydrogens is 286 g/mol. The molecule has 4 nitrogen and oxygen atoms in total. The summed E-state index contributed by atoms with van der Waals surface area (Å²) in [5, 5.41) is 4.20. The van der Waals surface area contributed by atoms with Gasteiger partial charge < -0.3 is 9.42 Å². The molecule has 1 saturated heterocycles. The molecule has 2 aliphatic rings. The van der Waals surface area contributed by atoms with E-state index in [1.54, 1.807) is 0 Å². The lowest BCUT2D eigenvalue weighted by Gasteiger charge is -2.28. The van der Waals surface area contributed by atoms with Crippen LogP contribution in [0.4, 0.5) is 5.69 Å². The molecule has 4 rings (SSSR count). The number of hydrogen-bond acceptors (Lipinski definition) is 4. The zero-order valence-electron chi connectivity index (χ0n) is 13.7. The van der Waals surface area contributed by atoms with Crippen LogP contribution in [-0.4, -0.2) is 23.2 Å². The SMILES string of the molecule is c1cc(N2CCCCC2)ccc1-c1noc(C2CCCCC2)n1. The summed E-state index contributed by atoms with van der Waals surface area (Å²) in [4.78, 5) is 7.12. The van der Waals surface area contributed by atoms with Crippen LogP contribution in [0.15, 0.2) is 28.8 Å². The van der Waals surface area contributed by atoms with Crippen LogP contribution in [0.25, 0.3) is 11.4 Å². The number of hydrogen-bond donors (Lipinski definition) is 0. The van der Waals surface area contributed by atoms with Gasteiger partial charge in [0, 0.05) is 30.3 Å². The Kier molecular flexibility index (Phi) is 4.31. The Morgan fingerprint density at radius 1 is 0.870 bits per heavy atom. The molecule has 1 aromatic heterocycles. The molecule has 23 heavy (non-hydrogen) atoms. The summed E-state index contributed by atoms with van der Waals surface area (Å²) in [5.74, 6) is 2.04. The van der Waals surface area contributed by atoms with Crippen LogP contribution >= 0.6 is 0 Å². The van der Waals surface area contributed by atoms with Gasteiger partial charge >= 0.3 is 0 Å². The lowest BCUT2D eigenvalue weighted by Crippen LogP contribution is -2.29. The van der Waals surface area contributed by atoms with Crippen LogP contribution in [0.1, 0.15) is 63.2 Å². The maximum absolute atomic E-state index is 5.53. The van der Waals surface area contributed by atoms with Crippen molar-refractivity contribution in [1.82, 2.24) is 10.1 Å². The molecule has 2 aromatic rings. The zero-order valence-corrected chi connectivity index (χ0v) is 13.7. The van der Waals surface area contributed by atoms with Crippen LogP contribution in [0.5, 0.6) is 0 Å². The Balaban J connectivity index is 1.48. The fourth-order valence-electron chi connectivity index (χ4n) is 3.84. The van der Waals surface area contributed by atoms with E-state index in [0.717, 1.165) is 17.3 Å². The average molecular weight is 311 g/mol. The molecule has 1 aliphatic heterocycles. The molecule has 1 aliphatic carbocycles. The molecule has 0 radical (unpaired) electrons. The first-order valence-corrected chi connectivity index (χ1v) is 9.09. The molecule has 2 fully saturated rings. The van der Waals surface area contributed by atoms with E-state index in [1.165, 1.54) is 70.1 Å². The lowest BCUT2D eigenvalue weighted by atomic mass is 9.89. The molecule has 0 N–H and O–H groups in total. The predicted octanol–water partition coefficient (Wildman–Crippen LogP) is 4.77. The van der Waals surface area contributed by atoms with Crippen molar-refractivity contribution in [1.29, 1.82) is 0 Å². The Morgan fingerprint density at radius 3 is 2.30 bits per heavy atom. The summed E-state index contributed by atoms with van der Waals surface area (Å²) in [6.45, 7) is 2.35. The van der Waals surface area contributed by atoms with Gasteiger partial charge in [-0.05, 0) is 56.4 Å². The highest BCUT2D eigenvalue weighted by atomic mass is 16.5.